The SMILES string of the molecule is CCCN1C2=C(N=CC3=CN(N4CCN(C)CC4)CN32)C(C)=C(C)C1OC.CCCN1C2=C(N=CC3=CN(n4cc(C)nc4CC)CN32)C(C)=C(C)C1OC. The molecule has 2 atom stereocenters. The van der Waals surface area contributed by atoms with Crippen molar-refractivity contribution in [3.8, 4) is 0 Å². The summed E-state index contributed by atoms with van der Waals surface area (Å²) in [6.45, 7) is 25.0. The topological polar surface area (TPSA) is 86.9 Å². The number of methoxy groups -OCH3 is 2. The van der Waals surface area contributed by atoms with Gasteiger partial charge in [-0.2, -0.15) is 0 Å². The van der Waals surface area contributed by atoms with Crippen molar-refractivity contribution in [3.05, 3.63) is 86.8 Å². The summed E-state index contributed by atoms with van der Waals surface area (Å²) in [7, 11) is 5.79. The first-order chi connectivity index (χ1) is 26.5. The predicted molar refractivity (Wildman–Crippen MR) is 218 cm³/mol. The average Bonchev–Trinajstić information content (AvgIpc) is 3.92. The van der Waals surface area contributed by atoms with Crippen LogP contribution in [0, 0.1) is 6.92 Å². The Bertz CT molecular complexity index is 1890. The largest absolute Gasteiger partial charge is 0.358 e. The second-order valence-corrected chi connectivity index (χ2v) is 15.4. The van der Waals surface area contributed by atoms with E-state index in [0.717, 1.165) is 112 Å². The molecular weight excluding hydrogens is 693 g/mol. The van der Waals surface area contributed by atoms with Crippen LogP contribution < -0.4 is 5.01 Å². The van der Waals surface area contributed by atoms with Gasteiger partial charge in [-0.3, -0.25) is 20.0 Å². The standard InChI is InChI=1S/C21H30N6O.C20H32N6O/c1-7-9-25-20-19(15(4)16(5)21(25)28-6)22-10-17-12-24(13-26(17)20)27-11-14(3)23-18(27)8-2;1-6-7-25-19-18(15(2)16(3)20(25)27-5)21-12-17-13-24(14-26(17)19)23-10-8-22(4)9-11-23/h10-12,21H,7-9,13H2,1-6H3;12-13,20H,6-11,14H2,1-5H3. The molecule has 0 saturated carbocycles. The molecule has 2 unspecified atom stereocenters. The zero-order chi connectivity index (χ0) is 39.1. The maximum Gasteiger partial charge on any atom is 0.153 e. The molecule has 1 aromatic heterocycles. The number of imidazole rings is 1. The van der Waals surface area contributed by atoms with Crippen molar-refractivity contribution in [3.63, 3.8) is 0 Å². The number of aryl methyl sites for hydroxylation is 2. The van der Waals surface area contributed by atoms with E-state index in [1.54, 1.807) is 14.2 Å². The number of ether oxygens (including phenoxy) is 2. The minimum absolute atomic E-state index is 0.0177. The molecule has 0 radical (unpaired) electrons. The third-order valence-corrected chi connectivity index (χ3v) is 11.8. The highest BCUT2D eigenvalue weighted by atomic mass is 16.5. The van der Waals surface area contributed by atoms with Gasteiger partial charge in [-0.1, -0.05) is 20.8 Å². The minimum Gasteiger partial charge on any atom is -0.358 e. The van der Waals surface area contributed by atoms with Crippen LogP contribution in [0.2, 0.25) is 0 Å². The Kier molecular flexibility index (Phi) is 11.3. The Labute approximate surface area is 328 Å². The van der Waals surface area contributed by atoms with Gasteiger partial charge in [0, 0.05) is 78.5 Å². The average molecular weight is 755 g/mol. The molecule has 298 valence electrons. The molecule has 7 aliphatic rings. The fourth-order valence-corrected chi connectivity index (χ4v) is 8.63. The third kappa shape index (κ3) is 6.91. The lowest BCUT2D eigenvalue weighted by molar-refractivity contribution is -0.0389. The second kappa shape index (κ2) is 16.0. The summed E-state index contributed by atoms with van der Waals surface area (Å²) in [6.07, 6.45) is 13.4. The van der Waals surface area contributed by atoms with Gasteiger partial charge in [-0.15, -0.1) is 0 Å². The quantitative estimate of drug-likeness (QED) is 0.344. The van der Waals surface area contributed by atoms with Crippen molar-refractivity contribution in [1.29, 1.82) is 0 Å². The maximum absolute atomic E-state index is 5.90. The van der Waals surface area contributed by atoms with Gasteiger partial charge in [0.05, 0.1) is 29.5 Å². The van der Waals surface area contributed by atoms with Crippen LogP contribution in [0.15, 0.2) is 85.3 Å². The van der Waals surface area contributed by atoms with Crippen molar-refractivity contribution in [2.24, 2.45) is 9.98 Å². The van der Waals surface area contributed by atoms with Crippen molar-refractivity contribution in [2.75, 3.05) is 78.9 Å². The Hall–Kier alpha value is -4.37. The summed E-state index contributed by atoms with van der Waals surface area (Å²) in [5, 5.41) is 7.02. The molecule has 1 aromatic rings. The van der Waals surface area contributed by atoms with E-state index in [2.05, 4.69) is 123 Å². The van der Waals surface area contributed by atoms with E-state index in [4.69, 9.17) is 19.5 Å². The Balaban J connectivity index is 0.000000169. The van der Waals surface area contributed by atoms with Gasteiger partial charge in [-0.25, -0.2) is 14.7 Å². The van der Waals surface area contributed by atoms with E-state index in [1.165, 1.54) is 28.1 Å². The van der Waals surface area contributed by atoms with Crippen LogP contribution in [0.4, 0.5) is 0 Å². The lowest BCUT2D eigenvalue weighted by Gasteiger charge is -2.45. The number of rotatable bonds is 9. The summed E-state index contributed by atoms with van der Waals surface area (Å²) in [5.74, 6) is 3.40. The van der Waals surface area contributed by atoms with Crippen LogP contribution in [0.25, 0.3) is 0 Å². The second-order valence-electron chi connectivity index (χ2n) is 15.4. The van der Waals surface area contributed by atoms with Crippen LogP contribution in [-0.2, 0) is 15.9 Å². The number of hydrogen-bond donors (Lipinski definition) is 0. The molecule has 7 aliphatic heterocycles. The number of piperazine rings is 1. The van der Waals surface area contributed by atoms with E-state index in [-0.39, 0.29) is 12.5 Å². The number of fused-ring (bicyclic) bond motifs is 4. The lowest BCUT2D eigenvalue weighted by atomic mass is 10.00. The molecule has 8 rings (SSSR count). The summed E-state index contributed by atoms with van der Waals surface area (Å²) < 4.78 is 13.9. The van der Waals surface area contributed by atoms with E-state index in [0.29, 0.717) is 0 Å². The first kappa shape index (κ1) is 38.9. The summed E-state index contributed by atoms with van der Waals surface area (Å²) in [5.41, 5.74) is 10.4. The van der Waals surface area contributed by atoms with Gasteiger partial charge >= 0.3 is 0 Å². The van der Waals surface area contributed by atoms with Gasteiger partial charge in [0.25, 0.3) is 0 Å². The number of aromatic nitrogens is 2. The van der Waals surface area contributed by atoms with Crippen LogP contribution >= 0.6 is 0 Å². The Morgan fingerprint density at radius 1 is 0.691 bits per heavy atom. The number of allylic oxidation sites excluding steroid dienone is 4. The van der Waals surface area contributed by atoms with Gasteiger partial charge in [0.2, 0.25) is 0 Å². The maximum atomic E-state index is 5.90. The number of aliphatic imine (C=N–C) groups is 2. The molecule has 0 aromatic carbocycles. The van der Waals surface area contributed by atoms with Crippen molar-refractivity contribution in [2.45, 2.75) is 87.1 Å². The molecule has 14 nitrogen and oxygen atoms in total. The molecule has 8 heterocycles. The number of nitrogens with zero attached hydrogens (tertiary/aromatic N) is 12. The van der Waals surface area contributed by atoms with E-state index in [1.807, 2.05) is 19.4 Å². The molecular formula is C41H62N12O2. The summed E-state index contributed by atoms with van der Waals surface area (Å²) >= 11 is 0. The zero-order valence-electron chi connectivity index (χ0n) is 35.0. The molecule has 1 saturated heterocycles. The molecule has 55 heavy (non-hydrogen) atoms. The Morgan fingerprint density at radius 2 is 1.18 bits per heavy atom. The van der Waals surface area contributed by atoms with Crippen molar-refractivity contribution < 1.29 is 9.47 Å². The molecule has 0 aliphatic carbocycles. The van der Waals surface area contributed by atoms with Crippen LogP contribution in [0.3, 0.4) is 0 Å². The smallest absolute Gasteiger partial charge is 0.153 e. The molecule has 0 bridgehead atoms. The van der Waals surface area contributed by atoms with Crippen LogP contribution in [0.5, 0.6) is 0 Å². The van der Waals surface area contributed by atoms with Gasteiger partial charge in [-0.05, 0) is 76.8 Å². The fraction of sp³-hybridized carbons (Fsp3) is 0.585. The van der Waals surface area contributed by atoms with Crippen molar-refractivity contribution in [1.82, 2.24) is 44.2 Å². The van der Waals surface area contributed by atoms with Gasteiger partial charge in [0.1, 0.15) is 42.2 Å². The molecule has 0 N–H and O–H groups in total. The highest BCUT2D eigenvalue weighted by molar-refractivity contribution is 5.83. The number of hydrazine groups is 1. The van der Waals surface area contributed by atoms with Gasteiger partial charge < -0.3 is 34.0 Å². The van der Waals surface area contributed by atoms with E-state index >= 15 is 0 Å². The molecule has 14 heteroatoms. The van der Waals surface area contributed by atoms with Crippen LogP contribution in [0.1, 0.15) is 72.8 Å². The molecule has 1 fully saturated rings. The fourth-order valence-electron chi connectivity index (χ4n) is 8.63. The third-order valence-electron chi connectivity index (χ3n) is 11.8. The molecule has 0 spiro atoms. The first-order valence-electron chi connectivity index (χ1n) is 20.1. The Morgan fingerprint density at radius 3 is 1.65 bits per heavy atom. The first-order valence-corrected chi connectivity index (χ1v) is 20.1. The summed E-state index contributed by atoms with van der Waals surface area (Å²) in [6, 6.07) is 0. The minimum atomic E-state index is -0.0519. The normalized spacial score (nSPS) is 24.1. The monoisotopic (exact) mass is 755 g/mol. The zero-order valence-corrected chi connectivity index (χ0v) is 35.0. The highest BCUT2D eigenvalue weighted by Gasteiger charge is 2.41. The van der Waals surface area contributed by atoms with Crippen molar-refractivity contribution >= 4 is 12.4 Å². The number of hydrogen-bond acceptors (Lipinski definition) is 13. The highest BCUT2D eigenvalue weighted by Crippen LogP contribution is 2.41. The van der Waals surface area contributed by atoms with E-state index in [9.17, 15) is 0 Å². The van der Waals surface area contributed by atoms with E-state index < -0.39 is 0 Å². The predicted octanol–water partition coefficient (Wildman–Crippen LogP) is 4.95. The number of likely N-dealkylation sites (N-methyl/N-ethyl adjacent to an activating group) is 1. The van der Waals surface area contributed by atoms with Gasteiger partial charge in [0.15, 0.2) is 12.5 Å². The van der Waals surface area contributed by atoms with Crippen LogP contribution in [-0.4, -0.2) is 143 Å². The molecule has 0 amide bonds. The summed E-state index contributed by atoms with van der Waals surface area (Å²) in [4.78, 5) is 26.2. The lowest BCUT2D eigenvalue weighted by Crippen LogP contribution is -2.52.